The highest BCUT2D eigenvalue weighted by Gasteiger charge is 2.40. The molecule has 4 rings (SSSR count). The monoisotopic (exact) mass is 462 g/mol. The second kappa shape index (κ2) is 8.61. The number of rotatable bonds is 5. The van der Waals surface area contributed by atoms with Gasteiger partial charge in [-0.1, -0.05) is 6.07 Å². The van der Waals surface area contributed by atoms with Crippen molar-refractivity contribution >= 4 is 11.0 Å². The van der Waals surface area contributed by atoms with Gasteiger partial charge in [0.25, 0.3) is 0 Å². The molecule has 0 spiro atoms. The van der Waals surface area contributed by atoms with Crippen LogP contribution in [0.2, 0.25) is 0 Å². The van der Waals surface area contributed by atoms with Crippen molar-refractivity contribution in [2.24, 2.45) is 0 Å². The number of aliphatic hydroxyl groups is 1. The number of halogens is 3. The summed E-state index contributed by atoms with van der Waals surface area (Å²) in [5.41, 5.74) is 0.0207. The summed E-state index contributed by atoms with van der Waals surface area (Å²) in [5.74, 6) is 0.101. The van der Waals surface area contributed by atoms with Crippen LogP contribution in [0.3, 0.4) is 0 Å². The zero-order chi connectivity index (χ0) is 24.0. The average molecular weight is 463 g/mol. The molecular weight excluding hydrogens is 433 g/mol. The summed E-state index contributed by atoms with van der Waals surface area (Å²) in [6, 6.07) is 5.87. The Morgan fingerprint density at radius 1 is 1.24 bits per heavy atom. The Hall–Kier alpha value is -2.65. The van der Waals surface area contributed by atoms with E-state index in [2.05, 4.69) is 15.3 Å². The first-order valence-electron chi connectivity index (χ1n) is 11.1. The van der Waals surface area contributed by atoms with Crippen molar-refractivity contribution in [1.29, 1.82) is 0 Å². The minimum absolute atomic E-state index is 0.00592. The number of piperidine rings is 1. The SMILES string of the molecule is Cc1ccc([C@@]2(O)C[C@@H](COc3cc(C(F)(F)F)c4c(c3)ncn4C(C)C)N[C@@H](C)C2)cn1. The predicted molar refractivity (Wildman–Crippen MR) is 119 cm³/mol. The van der Waals surface area contributed by atoms with Crippen LogP contribution in [-0.4, -0.2) is 38.3 Å². The van der Waals surface area contributed by atoms with Gasteiger partial charge in [0.1, 0.15) is 12.4 Å². The highest BCUT2D eigenvalue weighted by atomic mass is 19.4. The zero-order valence-electron chi connectivity index (χ0n) is 19.1. The molecule has 3 heterocycles. The average Bonchev–Trinajstić information content (AvgIpc) is 3.15. The van der Waals surface area contributed by atoms with Gasteiger partial charge >= 0.3 is 6.18 Å². The number of ether oxygens (including phenoxy) is 1. The molecule has 6 nitrogen and oxygen atoms in total. The van der Waals surface area contributed by atoms with Gasteiger partial charge in [0.15, 0.2) is 0 Å². The van der Waals surface area contributed by atoms with E-state index in [0.29, 0.717) is 12.8 Å². The number of imidazole rings is 1. The lowest BCUT2D eigenvalue weighted by Gasteiger charge is -2.41. The van der Waals surface area contributed by atoms with Crippen molar-refractivity contribution in [3.63, 3.8) is 0 Å². The molecule has 0 unspecified atom stereocenters. The molecule has 1 fully saturated rings. The fraction of sp³-hybridized carbons (Fsp3) is 0.500. The lowest BCUT2D eigenvalue weighted by atomic mass is 9.79. The van der Waals surface area contributed by atoms with E-state index in [-0.39, 0.29) is 41.5 Å². The van der Waals surface area contributed by atoms with E-state index < -0.39 is 17.3 Å². The Labute approximate surface area is 190 Å². The summed E-state index contributed by atoms with van der Waals surface area (Å²) in [7, 11) is 0. The van der Waals surface area contributed by atoms with Gasteiger partial charge < -0.3 is 19.7 Å². The number of hydrogen-bond acceptors (Lipinski definition) is 5. The van der Waals surface area contributed by atoms with E-state index in [9.17, 15) is 18.3 Å². The normalized spacial score (nSPS) is 23.9. The number of benzene rings is 1. The topological polar surface area (TPSA) is 72.2 Å². The van der Waals surface area contributed by atoms with E-state index in [0.717, 1.165) is 17.3 Å². The van der Waals surface area contributed by atoms with Gasteiger partial charge in [0.05, 0.1) is 28.5 Å². The molecule has 0 amide bonds. The minimum atomic E-state index is -4.54. The first kappa shape index (κ1) is 23.5. The summed E-state index contributed by atoms with van der Waals surface area (Å²) >= 11 is 0. The quantitative estimate of drug-likeness (QED) is 0.573. The van der Waals surface area contributed by atoms with Crippen LogP contribution >= 0.6 is 0 Å². The number of pyridine rings is 1. The number of hydrogen-bond donors (Lipinski definition) is 2. The van der Waals surface area contributed by atoms with Crippen molar-refractivity contribution in [2.45, 2.75) is 70.4 Å². The second-order valence-electron chi connectivity index (χ2n) is 9.29. The Balaban J connectivity index is 1.57. The lowest BCUT2D eigenvalue weighted by Crippen LogP contribution is -2.53. The van der Waals surface area contributed by atoms with Gasteiger partial charge in [-0.2, -0.15) is 13.2 Å². The van der Waals surface area contributed by atoms with Crippen LogP contribution in [0, 0.1) is 6.92 Å². The van der Waals surface area contributed by atoms with E-state index in [4.69, 9.17) is 4.74 Å². The molecule has 33 heavy (non-hydrogen) atoms. The van der Waals surface area contributed by atoms with Gasteiger partial charge in [0, 0.05) is 41.6 Å². The number of nitrogens with one attached hydrogen (secondary N) is 1. The molecule has 0 bridgehead atoms. The molecule has 1 aromatic carbocycles. The van der Waals surface area contributed by atoms with Gasteiger partial charge in [0.2, 0.25) is 0 Å². The number of nitrogens with zero attached hydrogens (tertiary/aromatic N) is 3. The third-order valence-electron chi connectivity index (χ3n) is 6.15. The van der Waals surface area contributed by atoms with Gasteiger partial charge in [-0.15, -0.1) is 0 Å². The predicted octanol–water partition coefficient (Wildman–Crippen LogP) is 4.75. The molecule has 0 saturated carbocycles. The molecule has 9 heteroatoms. The lowest BCUT2D eigenvalue weighted by molar-refractivity contribution is -0.136. The summed E-state index contributed by atoms with van der Waals surface area (Å²) < 4.78 is 48.8. The Morgan fingerprint density at radius 2 is 2.00 bits per heavy atom. The first-order chi connectivity index (χ1) is 15.5. The van der Waals surface area contributed by atoms with E-state index >= 15 is 0 Å². The largest absolute Gasteiger partial charge is 0.492 e. The number of aromatic nitrogens is 3. The number of fused-ring (bicyclic) bond motifs is 1. The number of alkyl halides is 3. The highest BCUT2D eigenvalue weighted by molar-refractivity contribution is 5.81. The fourth-order valence-corrected chi connectivity index (χ4v) is 4.64. The molecule has 0 radical (unpaired) electrons. The first-order valence-corrected chi connectivity index (χ1v) is 11.1. The molecule has 2 aromatic heterocycles. The zero-order valence-corrected chi connectivity index (χ0v) is 19.1. The number of aryl methyl sites for hydroxylation is 1. The summed E-state index contributed by atoms with van der Waals surface area (Å²) in [5, 5.41) is 14.7. The standard InChI is InChI=1S/C24H29F3N4O2/c1-14(2)31-13-29-21-8-19(7-20(22(21)31)24(25,26)27)33-12-18-10-23(32,9-16(4)30-18)17-6-5-15(3)28-11-17/h5-8,11,13-14,16,18,30,32H,9-10,12H2,1-4H3/t16-,18-,23-/m0/s1. The minimum Gasteiger partial charge on any atom is -0.492 e. The van der Waals surface area contributed by atoms with Gasteiger partial charge in [-0.05, 0) is 52.7 Å². The smallest absolute Gasteiger partial charge is 0.418 e. The summed E-state index contributed by atoms with van der Waals surface area (Å²) in [4.78, 5) is 8.46. The maximum absolute atomic E-state index is 13.8. The molecule has 1 aliphatic rings. The van der Waals surface area contributed by atoms with E-state index in [1.807, 2.05) is 39.8 Å². The third-order valence-corrected chi connectivity index (χ3v) is 6.15. The summed E-state index contributed by atoms with van der Waals surface area (Å²) in [6.07, 6.45) is -0.571. The van der Waals surface area contributed by atoms with Crippen LogP contribution in [0.5, 0.6) is 5.75 Å². The van der Waals surface area contributed by atoms with Crippen LogP contribution in [0.15, 0.2) is 36.8 Å². The maximum Gasteiger partial charge on any atom is 0.418 e. The van der Waals surface area contributed by atoms with Gasteiger partial charge in [-0.3, -0.25) is 4.98 Å². The van der Waals surface area contributed by atoms with Crippen LogP contribution < -0.4 is 10.1 Å². The van der Waals surface area contributed by atoms with Crippen LogP contribution in [0.25, 0.3) is 11.0 Å². The molecule has 1 saturated heterocycles. The molecule has 178 valence electrons. The Kier molecular flexibility index (Phi) is 6.13. The van der Waals surface area contributed by atoms with E-state index in [1.165, 1.54) is 17.0 Å². The van der Waals surface area contributed by atoms with Crippen LogP contribution in [0.1, 0.15) is 56.5 Å². The van der Waals surface area contributed by atoms with Crippen molar-refractivity contribution in [3.8, 4) is 5.75 Å². The maximum atomic E-state index is 13.8. The molecule has 2 N–H and O–H groups in total. The molecule has 0 aliphatic carbocycles. The van der Waals surface area contributed by atoms with Crippen LogP contribution in [0.4, 0.5) is 13.2 Å². The third kappa shape index (κ3) is 4.84. The van der Waals surface area contributed by atoms with E-state index in [1.54, 1.807) is 6.20 Å². The molecule has 1 aliphatic heterocycles. The van der Waals surface area contributed by atoms with Crippen molar-refractivity contribution in [1.82, 2.24) is 19.9 Å². The second-order valence-corrected chi connectivity index (χ2v) is 9.29. The Morgan fingerprint density at radius 3 is 2.64 bits per heavy atom. The van der Waals surface area contributed by atoms with Crippen molar-refractivity contribution in [3.05, 3.63) is 53.6 Å². The molecular formula is C24H29F3N4O2. The molecule has 3 atom stereocenters. The summed E-state index contributed by atoms with van der Waals surface area (Å²) in [6.45, 7) is 7.58. The Bertz CT molecular complexity index is 1130. The van der Waals surface area contributed by atoms with Crippen LogP contribution in [-0.2, 0) is 11.8 Å². The van der Waals surface area contributed by atoms with Crippen molar-refractivity contribution in [2.75, 3.05) is 6.61 Å². The van der Waals surface area contributed by atoms with Crippen molar-refractivity contribution < 1.29 is 23.0 Å². The molecule has 3 aromatic rings. The van der Waals surface area contributed by atoms with Gasteiger partial charge in [-0.25, -0.2) is 4.98 Å². The fourth-order valence-electron chi connectivity index (χ4n) is 4.64. The highest BCUT2D eigenvalue weighted by Crippen LogP contribution is 2.39.